The maximum Gasteiger partial charge on any atom is 0.335 e. The number of carbonyl (C=O) groups excluding carboxylic acids is 3. The third kappa shape index (κ3) is 5.88. The second-order valence-corrected chi connectivity index (χ2v) is 10.1. The molecular formula is C32H30N4O8. The zero-order valence-corrected chi connectivity index (χ0v) is 23.9. The standard InChI is InChI=1S/C32H30N4O8/c1-43-25(37)17-23-28(30(39)35(33-23)21-9-5-3-6-10-21)27(19-13-15-20(16-14-19)32(41)42)29-24(18-26(38)44-2)34-36(31(29)40)22-11-7-4-8-12-22/h3-16,23,27,29,33,39H,17-18H2,1-2H3,(H,41,42)/t23-,27+,29+/m1/s1. The zero-order chi connectivity index (χ0) is 31.4. The van der Waals surface area contributed by atoms with E-state index in [-0.39, 0.29) is 35.6 Å². The van der Waals surface area contributed by atoms with Crippen LogP contribution in [-0.4, -0.2) is 60.0 Å². The summed E-state index contributed by atoms with van der Waals surface area (Å²) in [6.45, 7) is 0. The predicted molar refractivity (Wildman–Crippen MR) is 160 cm³/mol. The lowest BCUT2D eigenvalue weighted by molar-refractivity contribution is -0.141. The Kier molecular flexibility index (Phi) is 8.72. The number of carboxylic acid groups (broad SMARTS) is 1. The first kappa shape index (κ1) is 30.0. The van der Waals surface area contributed by atoms with Crippen LogP contribution in [0.25, 0.3) is 0 Å². The third-order valence-electron chi connectivity index (χ3n) is 7.54. The number of benzene rings is 3. The molecule has 1 amide bonds. The van der Waals surface area contributed by atoms with E-state index in [4.69, 9.17) is 9.47 Å². The topological polar surface area (TPSA) is 158 Å². The number of carboxylic acids is 1. The number of rotatable bonds is 10. The minimum Gasteiger partial charge on any atom is -0.494 e. The molecule has 2 aliphatic rings. The van der Waals surface area contributed by atoms with Crippen LogP contribution in [0.15, 0.2) is 101 Å². The van der Waals surface area contributed by atoms with E-state index in [0.717, 1.165) is 0 Å². The average molecular weight is 599 g/mol. The number of amides is 1. The number of aliphatic hydroxyl groups is 1. The number of esters is 2. The molecule has 5 rings (SSSR count). The van der Waals surface area contributed by atoms with Gasteiger partial charge in [-0.15, -0.1) is 0 Å². The van der Waals surface area contributed by atoms with Crippen LogP contribution in [0, 0.1) is 5.92 Å². The minimum absolute atomic E-state index is 0.0133. The molecular weight excluding hydrogens is 568 g/mol. The molecule has 0 radical (unpaired) electrons. The molecule has 12 nitrogen and oxygen atoms in total. The number of hydrazone groups is 1. The van der Waals surface area contributed by atoms with Gasteiger partial charge in [-0.2, -0.15) is 5.10 Å². The first-order chi connectivity index (χ1) is 21.2. The van der Waals surface area contributed by atoms with E-state index in [1.54, 1.807) is 66.7 Å². The first-order valence-corrected chi connectivity index (χ1v) is 13.7. The van der Waals surface area contributed by atoms with Gasteiger partial charge in [-0.3, -0.25) is 14.4 Å². The fourth-order valence-corrected chi connectivity index (χ4v) is 5.46. The van der Waals surface area contributed by atoms with Crippen LogP contribution in [0.5, 0.6) is 0 Å². The lowest BCUT2D eigenvalue weighted by Crippen LogP contribution is -2.41. The number of nitrogens with zero attached hydrogens (tertiary/aromatic N) is 3. The van der Waals surface area contributed by atoms with Gasteiger partial charge in [0.25, 0.3) is 5.91 Å². The van der Waals surface area contributed by atoms with Crippen molar-refractivity contribution >= 4 is 40.9 Å². The fraction of sp³-hybridized carbons (Fsp3) is 0.219. The molecule has 2 aliphatic heterocycles. The summed E-state index contributed by atoms with van der Waals surface area (Å²) < 4.78 is 9.86. The van der Waals surface area contributed by atoms with Gasteiger partial charge < -0.3 is 19.7 Å². The number of ether oxygens (including phenoxy) is 2. The van der Waals surface area contributed by atoms with E-state index in [1.807, 2.05) is 6.07 Å². The minimum atomic E-state index is -1.14. The molecule has 44 heavy (non-hydrogen) atoms. The van der Waals surface area contributed by atoms with E-state index in [1.165, 1.54) is 36.4 Å². The van der Waals surface area contributed by atoms with E-state index in [9.17, 15) is 29.4 Å². The number of methoxy groups -OCH3 is 2. The highest BCUT2D eigenvalue weighted by molar-refractivity contribution is 6.20. The zero-order valence-electron chi connectivity index (χ0n) is 23.9. The van der Waals surface area contributed by atoms with Gasteiger partial charge in [0.1, 0.15) is 0 Å². The van der Waals surface area contributed by atoms with Gasteiger partial charge in [-0.1, -0.05) is 48.5 Å². The van der Waals surface area contributed by atoms with Crippen LogP contribution in [-0.2, 0) is 23.9 Å². The van der Waals surface area contributed by atoms with Crippen molar-refractivity contribution in [1.29, 1.82) is 0 Å². The molecule has 0 fully saturated rings. The van der Waals surface area contributed by atoms with Crippen LogP contribution in [0.3, 0.4) is 0 Å². The number of para-hydroxylation sites is 2. The molecule has 3 aromatic rings. The molecule has 3 N–H and O–H groups in total. The molecule has 0 unspecified atom stereocenters. The fourth-order valence-electron chi connectivity index (χ4n) is 5.46. The predicted octanol–water partition coefficient (Wildman–Crippen LogP) is 3.78. The van der Waals surface area contributed by atoms with Crippen molar-refractivity contribution < 1.29 is 38.9 Å². The van der Waals surface area contributed by atoms with E-state index in [2.05, 4.69) is 10.5 Å². The first-order valence-electron chi connectivity index (χ1n) is 13.7. The molecule has 226 valence electrons. The number of aromatic carboxylic acids is 1. The summed E-state index contributed by atoms with van der Waals surface area (Å²) >= 11 is 0. The van der Waals surface area contributed by atoms with Crippen LogP contribution in [0.2, 0.25) is 0 Å². The van der Waals surface area contributed by atoms with Crippen molar-refractivity contribution in [2.75, 3.05) is 24.2 Å². The highest BCUT2D eigenvalue weighted by Gasteiger charge is 2.49. The highest BCUT2D eigenvalue weighted by atomic mass is 16.5. The number of hydrogen-bond donors (Lipinski definition) is 3. The van der Waals surface area contributed by atoms with Crippen LogP contribution < -0.4 is 15.4 Å². The Morgan fingerprint density at radius 1 is 0.886 bits per heavy atom. The molecule has 3 aromatic carbocycles. The summed E-state index contributed by atoms with van der Waals surface area (Å²) in [5.41, 5.74) is 5.07. The quantitative estimate of drug-likeness (QED) is 0.293. The van der Waals surface area contributed by atoms with Crippen molar-refractivity contribution in [3.05, 3.63) is 108 Å². The van der Waals surface area contributed by atoms with E-state index in [0.29, 0.717) is 16.9 Å². The Bertz CT molecular complexity index is 1620. The summed E-state index contributed by atoms with van der Waals surface area (Å²) in [7, 11) is 2.47. The largest absolute Gasteiger partial charge is 0.494 e. The smallest absolute Gasteiger partial charge is 0.335 e. The Morgan fingerprint density at radius 2 is 1.48 bits per heavy atom. The maximum absolute atomic E-state index is 14.3. The van der Waals surface area contributed by atoms with E-state index >= 15 is 0 Å². The van der Waals surface area contributed by atoms with Crippen molar-refractivity contribution in [2.45, 2.75) is 24.8 Å². The lowest BCUT2D eigenvalue weighted by Gasteiger charge is -2.28. The molecule has 12 heteroatoms. The van der Waals surface area contributed by atoms with Gasteiger partial charge in [0, 0.05) is 11.5 Å². The summed E-state index contributed by atoms with van der Waals surface area (Å²) in [5.74, 6) is -5.24. The third-order valence-corrected chi connectivity index (χ3v) is 7.54. The highest BCUT2D eigenvalue weighted by Crippen LogP contribution is 2.44. The van der Waals surface area contributed by atoms with Gasteiger partial charge in [0.05, 0.1) is 61.7 Å². The molecule has 0 spiro atoms. The van der Waals surface area contributed by atoms with Crippen LogP contribution in [0.1, 0.15) is 34.7 Å². The number of hydrogen-bond acceptors (Lipinski definition) is 10. The van der Waals surface area contributed by atoms with E-state index < -0.39 is 41.7 Å². The normalized spacial score (nSPS) is 18.7. The summed E-state index contributed by atoms with van der Waals surface area (Å²) in [6.07, 6.45) is -0.540. The molecule has 0 aliphatic carbocycles. The van der Waals surface area contributed by atoms with Gasteiger partial charge in [0.2, 0.25) is 5.88 Å². The number of hydrazine groups is 1. The summed E-state index contributed by atoms with van der Waals surface area (Å²) in [5, 5.41) is 28.5. The van der Waals surface area contributed by atoms with Crippen molar-refractivity contribution in [1.82, 2.24) is 5.43 Å². The number of carbonyl (C=O) groups is 4. The second-order valence-electron chi connectivity index (χ2n) is 10.1. The number of nitrogens with one attached hydrogen (secondary N) is 1. The molecule has 0 bridgehead atoms. The average Bonchev–Trinajstić information content (AvgIpc) is 3.54. The van der Waals surface area contributed by atoms with Crippen LogP contribution >= 0.6 is 0 Å². The Balaban J connectivity index is 1.71. The molecule has 0 saturated carbocycles. The number of aliphatic hydroxyl groups excluding tert-OH is 1. The molecule has 3 atom stereocenters. The van der Waals surface area contributed by atoms with Crippen molar-refractivity contribution in [2.24, 2.45) is 11.0 Å². The van der Waals surface area contributed by atoms with Crippen molar-refractivity contribution in [3.63, 3.8) is 0 Å². The Morgan fingerprint density at radius 3 is 2.05 bits per heavy atom. The summed E-state index contributed by atoms with van der Waals surface area (Å²) in [4.78, 5) is 51.1. The Hall–Kier alpha value is -5.49. The molecule has 0 saturated heterocycles. The van der Waals surface area contributed by atoms with Crippen molar-refractivity contribution in [3.8, 4) is 0 Å². The SMILES string of the molecule is COC(=O)CC1=NN(c2ccccc2)C(=O)[C@@H]1[C@H](C1=C(O)N(c2ccccc2)N[C@@H]1CC(=O)OC)c1ccc(C(=O)O)cc1. The van der Waals surface area contributed by atoms with Gasteiger partial charge >= 0.3 is 17.9 Å². The molecule has 0 aromatic heterocycles. The van der Waals surface area contributed by atoms with Gasteiger partial charge in [-0.25, -0.2) is 20.2 Å². The summed E-state index contributed by atoms with van der Waals surface area (Å²) in [6, 6.07) is 22.5. The lowest BCUT2D eigenvalue weighted by atomic mass is 9.74. The van der Waals surface area contributed by atoms with Crippen LogP contribution in [0.4, 0.5) is 11.4 Å². The number of anilines is 2. The maximum atomic E-state index is 14.3. The van der Waals surface area contributed by atoms with Gasteiger partial charge in [-0.05, 0) is 42.0 Å². The second kappa shape index (κ2) is 12.8. The Labute approximate surface area is 252 Å². The molecule has 2 heterocycles. The monoisotopic (exact) mass is 598 g/mol. The van der Waals surface area contributed by atoms with Gasteiger partial charge in [0.15, 0.2) is 0 Å².